The average molecular weight is 493 g/mol. The Morgan fingerprint density at radius 2 is 2.14 bits per heavy atom. The van der Waals surface area contributed by atoms with E-state index in [1.165, 1.54) is 17.2 Å². The predicted molar refractivity (Wildman–Crippen MR) is 138 cm³/mol. The van der Waals surface area contributed by atoms with Gasteiger partial charge < -0.3 is 20.1 Å². The third kappa shape index (κ3) is 6.18. The van der Waals surface area contributed by atoms with Crippen molar-refractivity contribution in [3.8, 4) is 5.75 Å². The largest absolute Gasteiger partial charge is 0.487 e. The Balaban J connectivity index is 1.21. The molecule has 35 heavy (non-hydrogen) atoms. The van der Waals surface area contributed by atoms with Crippen LogP contribution >= 0.6 is 11.6 Å². The predicted octanol–water partition coefficient (Wildman–Crippen LogP) is 3.50. The number of nitrogens with zero attached hydrogens (tertiary/aromatic N) is 2. The van der Waals surface area contributed by atoms with Crippen molar-refractivity contribution in [2.75, 3.05) is 26.2 Å². The molecule has 0 radical (unpaired) electrons. The Hall–Kier alpha value is -2.97. The smallest absolute Gasteiger partial charge is 0.258 e. The van der Waals surface area contributed by atoms with Crippen LogP contribution in [0.4, 0.5) is 0 Å². The lowest BCUT2D eigenvalue weighted by Crippen LogP contribution is -2.43. The molecule has 2 N–H and O–H groups in total. The number of benzene rings is 1. The van der Waals surface area contributed by atoms with Crippen LogP contribution in [0.15, 0.2) is 59.7 Å². The highest BCUT2D eigenvalue weighted by molar-refractivity contribution is 6.30. The number of rotatable bonds is 8. The topological polar surface area (TPSA) is 77.4 Å². The van der Waals surface area contributed by atoms with Crippen molar-refractivity contribution in [2.45, 2.75) is 32.1 Å². The molecule has 2 aromatic heterocycles. The van der Waals surface area contributed by atoms with Crippen LogP contribution in [0.3, 0.4) is 0 Å². The molecule has 1 fully saturated rings. The fourth-order valence-corrected chi connectivity index (χ4v) is 4.51. The van der Waals surface area contributed by atoms with Gasteiger partial charge in [0, 0.05) is 50.3 Å². The molecule has 0 saturated carbocycles. The molecular weight excluding hydrogens is 464 g/mol. The zero-order valence-electron chi connectivity index (χ0n) is 19.5. The van der Waals surface area contributed by atoms with Gasteiger partial charge in [0.25, 0.3) is 5.56 Å². The number of nitrogens with one attached hydrogen (secondary N) is 2. The SMILES string of the molecule is O=c1cc(OCc2ccc(Cl)cn2)ccn1C1=Cc2ccc(CNC[C@@H]3CNCCO3)cc2CC1. The lowest BCUT2D eigenvalue weighted by molar-refractivity contribution is 0.0290. The molecule has 0 amide bonds. The van der Waals surface area contributed by atoms with Crippen molar-refractivity contribution in [2.24, 2.45) is 0 Å². The quantitative estimate of drug-likeness (QED) is 0.501. The Kier molecular flexibility index (Phi) is 7.59. The van der Waals surface area contributed by atoms with E-state index in [4.69, 9.17) is 21.1 Å². The van der Waals surface area contributed by atoms with E-state index in [0.29, 0.717) is 10.8 Å². The molecule has 3 aromatic rings. The van der Waals surface area contributed by atoms with E-state index in [0.717, 1.165) is 62.6 Å². The molecule has 0 spiro atoms. The molecule has 1 aromatic carbocycles. The Bertz CT molecular complexity index is 1250. The van der Waals surface area contributed by atoms with Crippen molar-refractivity contribution in [3.63, 3.8) is 0 Å². The monoisotopic (exact) mass is 492 g/mol. The van der Waals surface area contributed by atoms with Crippen molar-refractivity contribution in [1.82, 2.24) is 20.2 Å². The van der Waals surface area contributed by atoms with Crippen molar-refractivity contribution >= 4 is 23.4 Å². The van der Waals surface area contributed by atoms with E-state index in [-0.39, 0.29) is 18.3 Å². The minimum Gasteiger partial charge on any atom is -0.487 e. The van der Waals surface area contributed by atoms with Gasteiger partial charge in [0.15, 0.2) is 0 Å². The summed E-state index contributed by atoms with van der Waals surface area (Å²) < 4.78 is 13.2. The Morgan fingerprint density at radius 3 is 2.94 bits per heavy atom. The Morgan fingerprint density at radius 1 is 1.20 bits per heavy atom. The minimum atomic E-state index is -0.110. The summed E-state index contributed by atoms with van der Waals surface area (Å²) >= 11 is 5.87. The highest BCUT2D eigenvalue weighted by atomic mass is 35.5. The maximum atomic E-state index is 12.8. The van der Waals surface area contributed by atoms with Gasteiger partial charge in [-0.25, -0.2) is 0 Å². The summed E-state index contributed by atoms with van der Waals surface area (Å²) in [5.74, 6) is 0.520. The molecule has 3 heterocycles. The van der Waals surface area contributed by atoms with Gasteiger partial charge in [-0.1, -0.05) is 29.8 Å². The second-order valence-corrected chi connectivity index (χ2v) is 9.26. The van der Waals surface area contributed by atoms with Gasteiger partial charge in [-0.2, -0.15) is 0 Å². The van der Waals surface area contributed by atoms with Gasteiger partial charge in [-0.05, 0) is 53.8 Å². The first kappa shape index (κ1) is 23.8. The number of morpholine rings is 1. The first-order valence-electron chi connectivity index (χ1n) is 12.0. The standard InChI is InChI=1S/C27H29ClN4O3/c28-22-4-5-23(31-15-22)18-35-25-7-9-32(27(33)13-25)24-6-3-20-11-19(1-2-21(20)12-24)14-30-17-26-16-29-8-10-34-26/h1-2,4-5,7,9,11-13,15,26,29-30H,3,6,8,10,14,16-18H2/t26-/m0/s1. The highest BCUT2D eigenvalue weighted by Crippen LogP contribution is 2.27. The van der Waals surface area contributed by atoms with Crippen LogP contribution in [0.2, 0.25) is 5.02 Å². The summed E-state index contributed by atoms with van der Waals surface area (Å²) in [6.45, 7) is 4.54. The van der Waals surface area contributed by atoms with E-state index in [1.807, 2.05) is 6.07 Å². The van der Waals surface area contributed by atoms with E-state index >= 15 is 0 Å². The van der Waals surface area contributed by atoms with Crippen LogP contribution in [0.1, 0.15) is 28.8 Å². The number of halogens is 1. The summed E-state index contributed by atoms with van der Waals surface area (Å²) in [4.78, 5) is 17.0. The third-order valence-corrected chi connectivity index (χ3v) is 6.48. The third-order valence-electron chi connectivity index (χ3n) is 6.26. The lowest BCUT2D eigenvalue weighted by atomic mass is 9.93. The zero-order chi connectivity index (χ0) is 24.0. The van der Waals surface area contributed by atoms with Gasteiger partial charge in [0.2, 0.25) is 0 Å². The van der Waals surface area contributed by atoms with Gasteiger partial charge in [0.1, 0.15) is 12.4 Å². The molecule has 8 heteroatoms. The molecule has 0 unspecified atom stereocenters. The molecular formula is C27H29ClN4O3. The molecule has 182 valence electrons. The lowest BCUT2D eigenvalue weighted by Gasteiger charge is -2.24. The first-order valence-corrected chi connectivity index (χ1v) is 12.3. The van der Waals surface area contributed by atoms with Gasteiger partial charge in [0.05, 0.1) is 23.4 Å². The molecule has 1 saturated heterocycles. The normalized spacial score (nSPS) is 17.5. The molecule has 1 aliphatic carbocycles. The van der Waals surface area contributed by atoms with Crippen LogP contribution in [-0.2, 0) is 24.3 Å². The minimum absolute atomic E-state index is 0.110. The summed E-state index contributed by atoms with van der Waals surface area (Å²) in [7, 11) is 0. The summed E-state index contributed by atoms with van der Waals surface area (Å²) in [6, 6.07) is 13.5. The van der Waals surface area contributed by atoms with Crippen LogP contribution in [0.5, 0.6) is 5.75 Å². The van der Waals surface area contributed by atoms with E-state index in [1.54, 1.807) is 29.1 Å². The summed E-state index contributed by atoms with van der Waals surface area (Å²) in [6.07, 6.45) is 7.41. The van der Waals surface area contributed by atoms with Gasteiger partial charge >= 0.3 is 0 Å². The average Bonchev–Trinajstić information content (AvgIpc) is 2.89. The number of hydrogen-bond donors (Lipinski definition) is 2. The molecule has 7 nitrogen and oxygen atoms in total. The van der Waals surface area contributed by atoms with Crippen LogP contribution in [0, 0.1) is 0 Å². The second kappa shape index (κ2) is 11.2. The number of hydrogen-bond acceptors (Lipinski definition) is 6. The molecule has 1 aliphatic heterocycles. The number of pyridine rings is 2. The number of fused-ring (bicyclic) bond motifs is 1. The molecule has 0 bridgehead atoms. The summed E-state index contributed by atoms with van der Waals surface area (Å²) in [5, 5.41) is 7.43. The molecule has 1 atom stereocenters. The van der Waals surface area contributed by atoms with E-state index in [2.05, 4.69) is 39.9 Å². The number of allylic oxidation sites excluding steroid dienone is 1. The number of aryl methyl sites for hydroxylation is 1. The van der Waals surface area contributed by atoms with Crippen LogP contribution in [-0.4, -0.2) is 41.9 Å². The molecule has 5 rings (SSSR count). The van der Waals surface area contributed by atoms with Crippen molar-refractivity contribution in [1.29, 1.82) is 0 Å². The second-order valence-electron chi connectivity index (χ2n) is 8.82. The van der Waals surface area contributed by atoms with Gasteiger partial charge in [-0.3, -0.25) is 14.3 Å². The maximum Gasteiger partial charge on any atom is 0.258 e. The fourth-order valence-electron chi connectivity index (χ4n) is 4.40. The molecule has 2 aliphatic rings. The number of ether oxygens (including phenoxy) is 2. The zero-order valence-corrected chi connectivity index (χ0v) is 20.3. The maximum absolute atomic E-state index is 12.8. The number of aromatic nitrogens is 2. The summed E-state index contributed by atoms with van der Waals surface area (Å²) in [5.41, 5.74) is 5.36. The van der Waals surface area contributed by atoms with Gasteiger partial charge in [-0.15, -0.1) is 0 Å². The van der Waals surface area contributed by atoms with E-state index in [9.17, 15) is 4.79 Å². The van der Waals surface area contributed by atoms with Crippen LogP contribution in [0.25, 0.3) is 11.8 Å². The van der Waals surface area contributed by atoms with Crippen LogP contribution < -0.4 is 20.9 Å². The Labute approximate surface area is 209 Å². The highest BCUT2D eigenvalue weighted by Gasteiger charge is 2.15. The van der Waals surface area contributed by atoms with Crippen molar-refractivity contribution in [3.05, 3.63) is 92.6 Å². The fraction of sp³-hybridized carbons (Fsp3) is 0.333. The van der Waals surface area contributed by atoms with E-state index < -0.39 is 0 Å². The van der Waals surface area contributed by atoms with Crippen molar-refractivity contribution < 1.29 is 9.47 Å². The first-order chi connectivity index (χ1) is 17.1.